The highest BCUT2D eigenvalue weighted by Crippen LogP contribution is 2.13. The highest BCUT2D eigenvalue weighted by molar-refractivity contribution is 5.90. The molecule has 8 heteroatoms. The second kappa shape index (κ2) is 12.3. The van der Waals surface area contributed by atoms with Gasteiger partial charge in [0, 0.05) is 6.42 Å². The van der Waals surface area contributed by atoms with Crippen LogP contribution in [0.5, 0.6) is 5.75 Å². The summed E-state index contributed by atoms with van der Waals surface area (Å²) in [5.41, 5.74) is 7.16. The van der Waals surface area contributed by atoms with Crippen molar-refractivity contribution in [2.24, 2.45) is 11.7 Å². The zero-order valence-electron chi connectivity index (χ0n) is 18.7. The average molecular weight is 442 g/mol. The molecule has 0 saturated carbocycles. The number of nitrogens with one attached hydrogen (secondary N) is 2. The van der Waals surface area contributed by atoms with E-state index >= 15 is 0 Å². The van der Waals surface area contributed by atoms with Gasteiger partial charge >= 0.3 is 6.09 Å². The van der Waals surface area contributed by atoms with Crippen LogP contribution in [0.3, 0.4) is 0 Å². The Morgan fingerprint density at radius 1 is 0.906 bits per heavy atom. The quantitative estimate of drug-likeness (QED) is 0.495. The Bertz CT molecular complexity index is 884. The molecular weight excluding hydrogens is 410 g/mol. The van der Waals surface area contributed by atoms with Crippen LogP contribution in [0.15, 0.2) is 54.6 Å². The van der Waals surface area contributed by atoms with Crippen molar-refractivity contribution in [3.63, 3.8) is 0 Å². The Kier molecular flexibility index (Phi) is 9.53. The number of carbonyl (C=O) groups is 3. The van der Waals surface area contributed by atoms with Crippen LogP contribution in [0.4, 0.5) is 4.79 Å². The summed E-state index contributed by atoms with van der Waals surface area (Å²) >= 11 is 0. The van der Waals surface area contributed by atoms with Crippen LogP contribution in [0.1, 0.15) is 31.4 Å². The third-order valence-corrected chi connectivity index (χ3v) is 4.79. The summed E-state index contributed by atoms with van der Waals surface area (Å²) in [6, 6.07) is 14.6. The Balaban J connectivity index is 2.00. The van der Waals surface area contributed by atoms with Crippen LogP contribution in [0, 0.1) is 5.92 Å². The lowest BCUT2D eigenvalue weighted by Gasteiger charge is -2.23. The number of amides is 3. The number of rotatable bonds is 11. The van der Waals surface area contributed by atoms with Crippen LogP contribution in [0.25, 0.3) is 0 Å². The molecule has 32 heavy (non-hydrogen) atoms. The minimum absolute atomic E-state index is 0.0874. The number of carbonyl (C=O) groups excluding carboxylic acids is 3. The second-order valence-corrected chi connectivity index (χ2v) is 7.90. The molecule has 0 saturated heterocycles. The largest absolute Gasteiger partial charge is 0.497 e. The summed E-state index contributed by atoms with van der Waals surface area (Å²) in [5, 5.41) is 5.26. The summed E-state index contributed by atoms with van der Waals surface area (Å²) in [5.74, 6) is -0.353. The van der Waals surface area contributed by atoms with Crippen LogP contribution < -0.4 is 21.1 Å². The molecule has 2 rings (SSSR count). The Morgan fingerprint density at radius 2 is 1.56 bits per heavy atom. The molecule has 3 amide bonds. The SMILES string of the molecule is COc1ccc(C[C@@H](NC(=O)[C@H](CC(C)C)NC(=O)OCc2ccccc2)C(N)=O)cc1. The van der Waals surface area contributed by atoms with Gasteiger partial charge in [0.15, 0.2) is 0 Å². The van der Waals surface area contributed by atoms with Gasteiger partial charge in [-0.3, -0.25) is 9.59 Å². The molecule has 8 nitrogen and oxygen atoms in total. The number of hydrogen-bond acceptors (Lipinski definition) is 5. The molecule has 0 aliphatic carbocycles. The summed E-state index contributed by atoms with van der Waals surface area (Å²) in [6.45, 7) is 3.95. The minimum atomic E-state index is -0.923. The van der Waals surface area contributed by atoms with E-state index in [9.17, 15) is 14.4 Å². The molecule has 0 unspecified atom stereocenters. The smallest absolute Gasteiger partial charge is 0.408 e. The third kappa shape index (κ3) is 8.29. The van der Waals surface area contributed by atoms with E-state index in [0.29, 0.717) is 12.2 Å². The third-order valence-electron chi connectivity index (χ3n) is 4.79. The van der Waals surface area contributed by atoms with E-state index in [-0.39, 0.29) is 18.9 Å². The zero-order chi connectivity index (χ0) is 23.5. The molecule has 0 aliphatic rings. The molecule has 4 N–H and O–H groups in total. The molecule has 0 radical (unpaired) electrons. The molecule has 0 spiro atoms. The Morgan fingerprint density at radius 3 is 2.12 bits per heavy atom. The number of ether oxygens (including phenoxy) is 2. The van der Waals surface area contributed by atoms with Crippen LogP contribution in [-0.4, -0.2) is 37.1 Å². The summed E-state index contributed by atoms with van der Waals surface area (Å²) in [4.78, 5) is 37.1. The van der Waals surface area contributed by atoms with E-state index in [1.807, 2.05) is 44.2 Å². The van der Waals surface area contributed by atoms with Crippen LogP contribution >= 0.6 is 0 Å². The van der Waals surface area contributed by atoms with Gasteiger partial charge in [-0.2, -0.15) is 0 Å². The van der Waals surface area contributed by atoms with Gasteiger partial charge in [0.25, 0.3) is 0 Å². The predicted octanol–water partition coefficient (Wildman–Crippen LogP) is 2.55. The number of methoxy groups -OCH3 is 1. The number of benzene rings is 2. The first-order valence-corrected chi connectivity index (χ1v) is 10.5. The first kappa shape index (κ1) is 24.7. The zero-order valence-corrected chi connectivity index (χ0v) is 18.7. The average Bonchev–Trinajstić information content (AvgIpc) is 2.77. The fourth-order valence-corrected chi connectivity index (χ4v) is 3.10. The maximum Gasteiger partial charge on any atom is 0.408 e. The molecule has 2 aromatic rings. The van der Waals surface area contributed by atoms with E-state index in [4.69, 9.17) is 15.2 Å². The summed E-state index contributed by atoms with van der Waals surface area (Å²) in [6.07, 6.45) is -0.112. The van der Waals surface area contributed by atoms with Gasteiger partial charge in [-0.05, 0) is 35.6 Å². The first-order chi connectivity index (χ1) is 15.3. The summed E-state index contributed by atoms with van der Waals surface area (Å²) in [7, 11) is 1.56. The molecule has 0 bridgehead atoms. The normalized spacial score (nSPS) is 12.5. The summed E-state index contributed by atoms with van der Waals surface area (Å²) < 4.78 is 10.4. The number of alkyl carbamates (subject to hydrolysis) is 1. The number of nitrogens with two attached hydrogens (primary N) is 1. The fraction of sp³-hybridized carbons (Fsp3) is 0.375. The lowest BCUT2D eigenvalue weighted by molar-refractivity contribution is -0.128. The lowest BCUT2D eigenvalue weighted by atomic mass is 10.0. The van der Waals surface area contributed by atoms with Gasteiger partial charge < -0.3 is 25.8 Å². The maximum absolute atomic E-state index is 12.9. The van der Waals surface area contributed by atoms with Crippen LogP contribution in [-0.2, 0) is 27.4 Å². The standard InChI is InChI=1S/C24H31N3O5/c1-16(2)13-21(27-24(30)32-15-18-7-5-4-6-8-18)23(29)26-20(22(25)28)14-17-9-11-19(31-3)12-10-17/h4-12,16,20-21H,13-15H2,1-3H3,(H2,25,28)(H,26,29)(H,27,30)/t20-,21+/m1/s1. The van der Waals surface area contributed by atoms with Gasteiger partial charge in [-0.25, -0.2) is 4.79 Å². The predicted molar refractivity (Wildman–Crippen MR) is 121 cm³/mol. The maximum atomic E-state index is 12.9. The van der Waals surface area contributed by atoms with Gasteiger partial charge in [0.05, 0.1) is 7.11 Å². The van der Waals surface area contributed by atoms with Crippen molar-refractivity contribution in [3.05, 3.63) is 65.7 Å². The van der Waals surface area contributed by atoms with E-state index < -0.39 is 30.0 Å². The van der Waals surface area contributed by atoms with Crippen molar-refractivity contribution in [3.8, 4) is 5.75 Å². The molecule has 0 aliphatic heterocycles. The molecule has 0 heterocycles. The molecule has 2 aromatic carbocycles. The van der Waals surface area contributed by atoms with E-state index in [2.05, 4.69) is 10.6 Å². The van der Waals surface area contributed by atoms with Crippen molar-refractivity contribution in [1.29, 1.82) is 0 Å². The Hall–Kier alpha value is -3.55. The Labute approximate surface area is 188 Å². The topological polar surface area (TPSA) is 120 Å². The van der Waals surface area contributed by atoms with Crippen molar-refractivity contribution in [2.45, 2.75) is 45.4 Å². The van der Waals surface area contributed by atoms with Crippen molar-refractivity contribution >= 4 is 17.9 Å². The van der Waals surface area contributed by atoms with Crippen molar-refractivity contribution in [1.82, 2.24) is 10.6 Å². The number of hydrogen-bond donors (Lipinski definition) is 3. The number of primary amides is 1. The molecule has 2 atom stereocenters. The highest BCUT2D eigenvalue weighted by Gasteiger charge is 2.27. The van der Waals surface area contributed by atoms with Crippen molar-refractivity contribution < 1.29 is 23.9 Å². The minimum Gasteiger partial charge on any atom is -0.497 e. The van der Waals surface area contributed by atoms with E-state index in [0.717, 1.165) is 11.1 Å². The molecule has 0 aromatic heterocycles. The first-order valence-electron chi connectivity index (χ1n) is 10.5. The second-order valence-electron chi connectivity index (χ2n) is 7.90. The fourth-order valence-electron chi connectivity index (χ4n) is 3.10. The molecule has 172 valence electrons. The van der Waals surface area contributed by atoms with Crippen LogP contribution in [0.2, 0.25) is 0 Å². The lowest BCUT2D eigenvalue weighted by Crippen LogP contribution is -2.54. The molecular formula is C24H31N3O5. The highest BCUT2D eigenvalue weighted by atomic mass is 16.5. The van der Waals surface area contributed by atoms with Gasteiger partial charge in [0.1, 0.15) is 24.4 Å². The monoisotopic (exact) mass is 441 g/mol. The van der Waals surface area contributed by atoms with E-state index in [1.54, 1.807) is 31.4 Å². The van der Waals surface area contributed by atoms with Crippen molar-refractivity contribution in [2.75, 3.05) is 7.11 Å². The van der Waals surface area contributed by atoms with E-state index in [1.165, 1.54) is 0 Å². The van der Waals surface area contributed by atoms with Gasteiger partial charge in [0.2, 0.25) is 11.8 Å². The van der Waals surface area contributed by atoms with Gasteiger partial charge in [-0.1, -0.05) is 56.3 Å². The molecule has 0 fully saturated rings. The van der Waals surface area contributed by atoms with Gasteiger partial charge in [-0.15, -0.1) is 0 Å².